The first kappa shape index (κ1) is 17.8. The number of carbonyl (C=O) groups is 1. The standard InChI is InChI=1S/C16H26ClN3O/c1-4-5-8-20(11-16(18)21)14-7-6-13(15(17)9-14)10-19-12(2)3/h6-7,9,12,19H,4-5,8,10-11H2,1-3H3,(H2,18,21). The van der Waals surface area contributed by atoms with Crippen LogP contribution in [0.25, 0.3) is 0 Å². The van der Waals surface area contributed by atoms with E-state index >= 15 is 0 Å². The first-order valence-corrected chi connectivity index (χ1v) is 7.86. The van der Waals surface area contributed by atoms with Crippen molar-refractivity contribution in [3.63, 3.8) is 0 Å². The zero-order valence-electron chi connectivity index (χ0n) is 13.2. The number of primary amides is 1. The summed E-state index contributed by atoms with van der Waals surface area (Å²) in [5, 5.41) is 4.06. The molecule has 0 spiro atoms. The number of carbonyl (C=O) groups excluding carboxylic acids is 1. The van der Waals surface area contributed by atoms with Crippen LogP contribution in [0, 0.1) is 0 Å². The van der Waals surface area contributed by atoms with Crippen molar-refractivity contribution in [3.8, 4) is 0 Å². The first-order chi connectivity index (χ1) is 9.93. The average molecular weight is 312 g/mol. The molecule has 1 aromatic carbocycles. The fourth-order valence-electron chi connectivity index (χ4n) is 2.03. The highest BCUT2D eigenvalue weighted by Gasteiger charge is 2.11. The van der Waals surface area contributed by atoms with Gasteiger partial charge in [-0.15, -0.1) is 0 Å². The summed E-state index contributed by atoms with van der Waals surface area (Å²) in [5.41, 5.74) is 7.33. The molecule has 0 saturated carbocycles. The van der Waals surface area contributed by atoms with E-state index in [1.165, 1.54) is 0 Å². The lowest BCUT2D eigenvalue weighted by Crippen LogP contribution is -2.34. The number of rotatable bonds is 9. The fraction of sp³-hybridized carbons (Fsp3) is 0.562. The normalized spacial score (nSPS) is 10.9. The van der Waals surface area contributed by atoms with Gasteiger partial charge in [0.15, 0.2) is 0 Å². The van der Waals surface area contributed by atoms with Crippen LogP contribution < -0.4 is 16.0 Å². The van der Waals surface area contributed by atoms with Crippen LogP contribution in [0.2, 0.25) is 5.02 Å². The number of nitrogens with one attached hydrogen (secondary N) is 1. The molecule has 21 heavy (non-hydrogen) atoms. The average Bonchev–Trinajstić information content (AvgIpc) is 2.41. The lowest BCUT2D eigenvalue weighted by Gasteiger charge is -2.24. The maximum absolute atomic E-state index is 11.2. The minimum absolute atomic E-state index is 0.222. The van der Waals surface area contributed by atoms with E-state index in [0.29, 0.717) is 11.1 Å². The summed E-state index contributed by atoms with van der Waals surface area (Å²) >= 11 is 6.34. The SMILES string of the molecule is CCCCN(CC(N)=O)c1ccc(CNC(C)C)c(Cl)c1. The van der Waals surface area contributed by atoms with E-state index in [2.05, 4.69) is 26.1 Å². The van der Waals surface area contributed by atoms with Gasteiger partial charge in [0.1, 0.15) is 0 Å². The maximum Gasteiger partial charge on any atom is 0.236 e. The number of anilines is 1. The number of benzene rings is 1. The highest BCUT2D eigenvalue weighted by Crippen LogP contribution is 2.24. The summed E-state index contributed by atoms with van der Waals surface area (Å²) in [6.45, 7) is 8.08. The zero-order chi connectivity index (χ0) is 15.8. The molecule has 0 fully saturated rings. The quantitative estimate of drug-likeness (QED) is 0.737. The summed E-state index contributed by atoms with van der Waals surface area (Å²) in [5.74, 6) is -0.326. The van der Waals surface area contributed by atoms with Gasteiger partial charge in [-0.05, 0) is 24.1 Å². The smallest absolute Gasteiger partial charge is 0.236 e. The number of amides is 1. The second kappa shape index (κ2) is 8.90. The number of unbranched alkanes of at least 4 members (excludes halogenated alkanes) is 1. The number of halogens is 1. The van der Waals surface area contributed by atoms with Gasteiger partial charge in [-0.1, -0.05) is 44.9 Å². The van der Waals surface area contributed by atoms with Gasteiger partial charge in [-0.2, -0.15) is 0 Å². The molecular formula is C16H26ClN3O. The highest BCUT2D eigenvalue weighted by atomic mass is 35.5. The molecule has 118 valence electrons. The Hall–Kier alpha value is -1.26. The number of hydrogen-bond donors (Lipinski definition) is 2. The van der Waals surface area contributed by atoms with E-state index in [1.54, 1.807) is 0 Å². The van der Waals surface area contributed by atoms with Crippen LogP contribution in [0.3, 0.4) is 0 Å². The van der Waals surface area contributed by atoms with Gasteiger partial charge in [0.05, 0.1) is 6.54 Å². The molecular weight excluding hydrogens is 286 g/mol. The van der Waals surface area contributed by atoms with E-state index in [0.717, 1.165) is 37.2 Å². The van der Waals surface area contributed by atoms with Crippen molar-refractivity contribution in [1.82, 2.24) is 5.32 Å². The van der Waals surface area contributed by atoms with Crippen LogP contribution in [0.5, 0.6) is 0 Å². The second-order valence-electron chi connectivity index (χ2n) is 5.55. The Balaban J connectivity index is 2.84. The second-order valence-corrected chi connectivity index (χ2v) is 5.96. The molecule has 3 N–H and O–H groups in total. The molecule has 1 rings (SSSR count). The van der Waals surface area contributed by atoms with Crippen molar-refractivity contribution >= 4 is 23.2 Å². The van der Waals surface area contributed by atoms with Crippen LogP contribution in [-0.2, 0) is 11.3 Å². The van der Waals surface area contributed by atoms with Crippen molar-refractivity contribution in [2.75, 3.05) is 18.0 Å². The number of hydrogen-bond acceptors (Lipinski definition) is 3. The molecule has 5 heteroatoms. The molecule has 1 aromatic rings. The Morgan fingerprint density at radius 3 is 2.67 bits per heavy atom. The molecule has 0 aliphatic rings. The van der Waals surface area contributed by atoms with E-state index in [4.69, 9.17) is 17.3 Å². The Labute approximate surface area is 132 Å². The number of nitrogens with two attached hydrogens (primary N) is 1. The number of nitrogens with zero attached hydrogens (tertiary/aromatic N) is 1. The zero-order valence-corrected chi connectivity index (χ0v) is 13.9. The van der Waals surface area contributed by atoms with Crippen molar-refractivity contribution < 1.29 is 4.79 Å². The van der Waals surface area contributed by atoms with Gasteiger partial charge in [-0.3, -0.25) is 4.79 Å². The van der Waals surface area contributed by atoms with Crippen molar-refractivity contribution in [2.24, 2.45) is 5.73 Å². The van der Waals surface area contributed by atoms with Gasteiger partial charge < -0.3 is 16.0 Å². The third kappa shape index (κ3) is 6.36. The van der Waals surface area contributed by atoms with Gasteiger partial charge in [-0.25, -0.2) is 0 Å². The minimum atomic E-state index is -0.326. The Kier molecular flexibility index (Phi) is 7.54. The van der Waals surface area contributed by atoms with Crippen LogP contribution in [0.15, 0.2) is 18.2 Å². The predicted octanol–water partition coefficient (Wildman–Crippen LogP) is 2.93. The van der Waals surface area contributed by atoms with Crippen molar-refractivity contribution in [2.45, 2.75) is 46.2 Å². The molecule has 0 unspecified atom stereocenters. The first-order valence-electron chi connectivity index (χ1n) is 7.49. The van der Waals surface area contributed by atoms with E-state index < -0.39 is 0 Å². The summed E-state index contributed by atoms with van der Waals surface area (Å²) in [6, 6.07) is 6.34. The topological polar surface area (TPSA) is 58.4 Å². The molecule has 0 saturated heterocycles. The van der Waals surface area contributed by atoms with E-state index in [-0.39, 0.29) is 12.5 Å². The molecule has 0 aliphatic heterocycles. The summed E-state index contributed by atoms with van der Waals surface area (Å²) in [7, 11) is 0. The monoisotopic (exact) mass is 311 g/mol. The highest BCUT2D eigenvalue weighted by molar-refractivity contribution is 6.31. The lowest BCUT2D eigenvalue weighted by molar-refractivity contribution is -0.116. The summed E-state index contributed by atoms with van der Waals surface area (Å²) < 4.78 is 0. The fourth-order valence-corrected chi connectivity index (χ4v) is 2.27. The Bertz CT molecular complexity index is 463. The third-order valence-corrected chi connectivity index (χ3v) is 3.58. The largest absolute Gasteiger partial charge is 0.368 e. The molecule has 0 aliphatic carbocycles. The van der Waals surface area contributed by atoms with Crippen LogP contribution in [0.1, 0.15) is 39.2 Å². The molecule has 0 bridgehead atoms. The maximum atomic E-state index is 11.2. The van der Waals surface area contributed by atoms with Crippen molar-refractivity contribution in [1.29, 1.82) is 0 Å². The Morgan fingerprint density at radius 1 is 1.43 bits per heavy atom. The molecule has 0 radical (unpaired) electrons. The van der Waals surface area contributed by atoms with Crippen LogP contribution in [-0.4, -0.2) is 25.0 Å². The van der Waals surface area contributed by atoms with Crippen molar-refractivity contribution in [3.05, 3.63) is 28.8 Å². The summed E-state index contributed by atoms with van der Waals surface area (Å²) in [4.78, 5) is 13.2. The van der Waals surface area contributed by atoms with E-state index in [1.807, 2.05) is 23.1 Å². The van der Waals surface area contributed by atoms with E-state index in [9.17, 15) is 4.79 Å². The third-order valence-electron chi connectivity index (χ3n) is 3.23. The molecule has 0 aromatic heterocycles. The van der Waals surface area contributed by atoms with Gasteiger partial charge in [0, 0.05) is 29.8 Å². The minimum Gasteiger partial charge on any atom is -0.368 e. The molecule has 1 amide bonds. The van der Waals surface area contributed by atoms with Crippen LogP contribution >= 0.6 is 11.6 Å². The van der Waals surface area contributed by atoms with Gasteiger partial charge in [0.2, 0.25) is 5.91 Å². The van der Waals surface area contributed by atoms with Gasteiger partial charge >= 0.3 is 0 Å². The molecule has 4 nitrogen and oxygen atoms in total. The van der Waals surface area contributed by atoms with Crippen LogP contribution in [0.4, 0.5) is 5.69 Å². The molecule has 0 heterocycles. The predicted molar refractivity (Wildman–Crippen MR) is 89.7 cm³/mol. The lowest BCUT2D eigenvalue weighted by atomic mass is 10.1. The molecule has 0 atom stereocenters. The Morgan fingerprint density at radius 2 is 2.14 bits per heavy atom. The summed E-state index contributed by atoms with van der Waals surface area (Å²) in [6.07, 6.45) is 2.08. The van der Waals surface area contributed by atoms with Gasteiger partial charge in [0.25, 0.3) is 0 Å².